The fourth-order valence-electron chi connectivity index (χ4n) is 1.30. The van der Waals surface area contributed by atoms with Gasteiger partial charge in [-0.25, -0.2) is 9.59 Å². The summed E-state index contributed by atoms with van der Waals surface area (Å²) < 4.78 is 0. The van der Waals surface area contributed by atoms with Crippen LogP contribution < -0.4 is 0 Å². The third kappa shape index (κ3) is 1.49. The number of carbonyl (C=O) groups is 2. The Hall–Kier alpha value is -2.14. The molecule has 0 atom stereocenters. The minimum atomic E-state index is -0.786. The van der Waals surface area contributed by atoms with Crippen molar-refractivity contribution in [3.8, 4) is 0 Å². The molecule has 76 valence electrons. The van der Waals surface area contributed by atoms with Crippen molar-refractivity contribution in [1.29, 1.82) is 0 Å². The van der Waals surface area contributed by atoms with Crippen molar-refractivity contribution < 1.29 is 24.4 Å². The molecular formula is C10H6O5. The van der Waals surface area contributed by atoms with Crippen molar-refractivity contribution in [3.05, 3.63) is 41.5 Å². The number of rotatable bonds is 1. The van der Waals surface area contributed by atoms with Crippen LogP contribution in [0.5, 0.6) is 0 Å². The fourth-order valence-corrected chi connectivity index (χ4v) is 1.30. The van der Waals surface area contributed by atoms with E-state index in [1.165, 1.54) is 12.1 Å². The second-order valence-electron chi connectivity index (χ2n) is 2.78. The van der Waals surface area contributed by atoms with E-state index in [4.69, 9.17) is 0 Å². The summed E-state index contributed by atoms with van der Waals surface area (Å²) >= 11 is 0. The van der Waals surface area contributed by atoms with Crippen LogP contribution in [0.15, 0.2) is 24.8 Å². The summed E-state index contributed by atoms with van der Waals surface area (Å²) in [6, 6.07) is 4.68. The molecule has 5 nitrogen and oxygen atoms in total. The van der Waals surface area contributed by atoms with Gasteiger partial charge in [-0.3, -0.25) is 9.78 Å². The summed E-state index contributed by atoms with van der Waals surface area (Å²) in [5.74, 6) is -1.56. The maximum absolute atomic E-state index is 11.4. The first-order chi connectivity index (χ1) is 7.24. The predicted molar refractivity (Wildman–Crippen MR) is 48.4 cm³/mol. The van der Waals surface area contributed by atoms with Crippen molar-refractivity contribution in [2.24, 2.45) is 0 Å². The van der Waals surface area contributed by atoms with E-state index in [0.717, 1.165) is 0 Å². The molecule has 0 aliphatic carbocycles. The Balaban J connectivity index is 2.69. The zero-order valence-electron chi connectivity index (χ0n) is 7.56. The van der Waals surface area contributed by atoms with Crippen LogP contribution in [0.4, 0.5) is 0 Å². The van der Waals surface area contributed by atoms with E-state index >= 15 is 0 Å². The zero-order chi connectivity index (χ0) is 10.8. The minimum absolute atomic E-state index is 0.0925. The monoisotopic (exact) mass is 206 g/mol. The Bertz CT molecular complexity index is 449. The highest BCUT2D eigenvalue weighted by molar-refractivity contribution is 6.05. The number of fused-ring (bicyclic) bond motifs is 1. The van der Waals surface area contributed by atoms with Crippen molar-refractivity contribution >= 4 is 18.0 Å². The molecule has 2 rings (SSSR count). The van der Waals surface area contributed by atoms with Gasteiger partial charge in [0, 0.05) is 5.04 Å². The molecule has 0 amide bonds. The Morgan fingerprint density at radius 1 is 1.13 bits per heavy atom. The highest BCUT2D eigenvalue weighted by atomic mass is 17.5. The lowest BCUT2D eigenvalue weighted by Crippen LogP contribution is -2.07. The van der Waals surface area contributed by atoms with Gasteiger partial charge in [0.1, 0.15) is 0 Å². The number of hydrogen-bond donors (Lipinski definition) is 0. The topological polar surface area (TPSA) is 61.8 Å². The molecule has 0 aromatic heterocycles. The van der Waals surface area contributed by atoms with Gasteiger partial charge in [0.15, 0.2) is 0 Å². The van der Waals surface area contributed by atoms with E-state index in [-0.39, 0.29) is 11.1 Å². The highest BCUT2D eigenvalue weighted by Gasteiger charge is 2.27. The molecule has 1 aliphatic heterocycles. The molecule has 0 spiro atoms. The first-order valence-electron chi connectivity index (χ1n) is 4.09. The molecule has 0 saturated carbocycles. The van der Waals surface area contributed by atoms with E-state index < -0.39 is 11.9 Å². The number of carbonyl (C=O) groups excluding carboxylic acids is 2. The Labute approximate surface area is 84.7 Å². The summed E-state index contributed by atoms with van der Waals surface area (Å²) in [5.41, 5.74) is 0.671. The molecule has 1 aromatic rings. The molecule has 1 aliphatic rings. The van der Waals surface area contributed by atoms with Crippen LogP contribution in [-0.2, 0) is 14.8 Å². The van der Waals surface area contributed by atoms with Crippen LogP contribution >= 0.6 is 0 Å². The standard InChI is InChI=1S/C10H6O5/c1-2-6-4-3-5-7-8(6)10(12)14-15-13-9(7)11/h2-5H,1H2. The quantitative estimate of drug-likeness (QED) is 0.651. The SMILES string of the molecule is C=Cc1cccc2c1C(=O)OOOC2=O. The molecule has 0 saturated heterocycles. The van der Waals surface area contributed by atoms with Gasteiger partial charge in [-0.2, -0.15) is 0 Å². The van der Waals surface area contributed by atoms with Gasteiger partial charge in [0.2, 0.25) is 0 Å². The average molecular weight is 206 g/mol. The molecule has 15 heavy (non-hydrogen) atoms. The molecule has 1 aromatic carbocycles. The first kappa shape index (κ1) is 9.42. The van der Waals surface area contributed by atoms with Gasteiger partial charge in [0.05, 0.1) is 11.1 Å². The van der Waals surface area contributed by atoms with Crippen molar-refractivity contribution in [2.45, 2.75) is 0 Å². The van der Waals surface area contributed by atoms with Crippen LogP contribution in [0.2, 0.25) is 0 Å². The van der Waals surface area contributed by atoms with E-state index in [1.54, 1.807) is 12.1 Å². The van der Waals surface area contributed by atoms with Gasteiger partial charge in [-0.1, -0.05) is 24.8 Å². The maximum atomic E-state index is 11.4. The second-order valence-corrected chi connectivity index (χ2v) is 2.78. The zero-order valence-corrected chi connectivity index (χ0v) is 7.56. The Morgan fingerprint density at radius 2 is 1.87 bits per heavy atom. The summed E-state index contributed by atoms with van der Waals surface area (Å²) in [6.07, 6.45) is 1.44. The molecule has 1 heterocycles. The van der Waals surface area contributed by atoms with E-state index in [0.29, 0.717) is 5.56 Å². The second kappa shape index (κ2) is 3.55. The number of benzene rings is 1. The van der Waals surface area contributed by atoms with Crippen LogP contribution in [-0.4, -0.2) is 11.9 Å². The third-order valence-corrected chi connectivity index (χ3v) is 1.96. The van der Waals surface area contributed by atoms with Crippen LogP contribution in [0.1, 0.15) is 26.3 Å². The minimum Gasteiger partial charge on any atom is -0.254 e. The fraction of sp³-hybridized carbons (Fsp3) is 0. The summed E-state index contributed by atoms with van der Waals surface area (Å²) in [6.45, 7) is 3.53. The molecule has 0 fully saturated rings. The van der Waals surface area contributed by atoms with Crippen LogP contribution in [0.25, 0.3) is 6.08 Å². The normalized spacial score (nSPS) is 14.7. The summed E-state index contributed by atoms with van der Waals surface area (Å²) in [5, 5.41) is 3.97. The maximum Gasteiger partial charge on any atom is 0.378 e. The lowest BCUT2D eigenvalue weighted by Gasteiger charge is -2.02. The van der Waals surface area contributed by atoms with E-state index in [1.807, 2.05) is 0 Å². The third-order valence-electron chi connectivity index (χ3n) is 1.96. The van der Waals surface area contributed by atoms with Gasteiger partial charge in [-0.05, 0) is 11.6 Å². The van der Waals surface area contributed by atoms with Gasteiger partial charge in [0.25, 0.3) is 0 Å². The number of hydrogen-bond acceptors (Lipinski definition) is 5. The smallest absolute Gasteiger partial charge is 0.254 e. The largest absolute Gasteiger partial charge is 0.378 e. The molecule has 5 heteroatoms. The van der Waals surface area contributed by atoms with Gasteiger partial charge >= 0.3 is 11.9 Å². The van der Waals surface area contributed by atoms with E-state index in [9.17, 15) is 9.59 Å². The first-order valence-corrected chi connectivity index (χ1v) is 4.09. The predicted octanol–water partition coefficient (Wildman–Crippen LogP) is 1.50. The molecular weight excluding hydrogens is 200 g/mol. The summed E-state index contributed by atoms with van der Waals surface area (Å²) in [4.78, 5) is 31.1. The van der Waals surface area contributed by atoms with Crippen molar-refractivity contribution in [3.63, 3.8) is 0 Å². The lowest BCUT2D eigenvalue weighted by molar-refractivity contribution is -0.444. The molecule has 0 N–H and O–H groups in total. The van der Waals surface area contributed by atoms with Crippen molar-refractivity contribution in [1.82, 2.24) is 0 Å². The average Bonchev–Trinajstić information content (AvgIpc) is 2.40. The van der Waals surface area contributed by atoms with Crippen LogP contribution in [0, 0.1) is 0 Å². The van der Waals surface area contributed by atoms with E-state index in [2.05, 4.69) is 21.4 Å². The molecule has 0 bridgehead atoms. The van der Waals surface area contributed by atoms with Gasteiger partial charge in [-0.15, -0.1) is 0 Å². The highest BCUT2D eigenvalue weighted by Crippen LogP contribution is 2.21. The summed E-state index contributed by atoms with van der Waals surface area (Å²) in [7, 11) is 0. The Kier molecular flexibility index (Phi) is 2.23. The van der Waals surface area contributed by atoms with Gasteiger partial charge < -0.3 is 0 Å². The molecule has 0 radical (unpaired) electrons. The molecule has 0 unspecified atom stereocenters. The van der Waals surface area contributed by atoms with Crippen LogP contribution in [0.3, 0.4) is 0 Å². The lowest BCUT2D eigenvalue weighted by atomic mass is 10.0. The van der Waals surface area contributed by atoms with Crippen molar-refractivity contribution in [2.75, 3.05) is 0 Å². The Morgan fingerprint density at radius 3 is 2.60 bits per heavy atom.